The molecule has 5 aromatic rings. The van der Waals surface area contributed by atoms with Crippen LogP contribution in [-0.2, 0) is 9.53 Å². The Hall–Kier alpha value is -5.41. The molecule has 0 saturated heterocycles. The van der Waals surface area contributed by atoms with Crippen LogP contribution in [0.25, 0.3) is 10.9 Å². The fraction of sp³-hybridized carbons (Fsp3) is 0.293. The van der Waals surface area contributed by atoms with Crippen LogP contribution < -0.4 is 24.8 Å². The van der Waals surface area contributed by atoms with Gasteiger partial charge in [-0.1, -0.05) is 55.0 Å². The van der Waals surface area contributed by atoms with Gasteiger partial charge in [0.2, 0.25) is 0 Å². The minimum atomic E-state index is -0.499. The van der Waals surface area contributed by atoms with Gasteiger partial charge in [-0.2, -0.15) is 0 Å². The molecule has 1 heterocycles. The van der Waals surface area contributed by atoms with Gasteiger partial charge in [0.25, 0.3) is 5.91 Å². The second-order valence-corrected chi connectivity index (χ2v) is 12.3. The van der Waals surface area contributed by atoms with Crippen LogP contribution in [0.3, 0.4) is 0 Å². The first-order chi connectivity index (χ1) is 24.6. The molecule has 50 heavy (non-hydrogen) atoms. The van der Waals surface area contributed by atoms with E-state index in [1.807, 2.05) is 60.7 Å². The predicted molar refractivity (Wildman–Crippen MR) is 194 cm³/mol. The fourth-order valence-electron chi connectivity index (χ4n) is 6.07. The van der Waals surface area contributed by atoms with E-state index in [1.54, 1.807) is 55.8 Å². The number of fused-ring (bicyclic) bond motifs is 1. The van der Waals surface area contributed by atoms with Crippen molar-refractivity contribution < 1.29 is 28.5 Å². The van der Waals surface area contributed by atoms with E-state index in [2.05, 4.69) is 15.6 Å². The zero-order valence-corrected chi connectivity index (χ0v) is 28.3. The van der Waals surface area contributed by atoms with E-state index in [1.165, 1.54) is 6.42 Å². The third-order valence-corrected chi connectivity index (χ3v) is 8.74. The van der Waals surface area contributed by atoms with Gasteiger partial charge in [0.05, 0.1) is 19.2 Å². The van der Waals surface area contributed by atoms with Gasteiger partial charge in [-0.25, -0.2) is 4.79 Å². The standard InChI is InChI=1S/C41H43N3O6/c1-47-37-27-34-35(42-25-23-36(34)49-33-21-19-31(20-22-33)44-40(45)30-15-7-3-8-16-30)28-38(37)48-26-12-11-24-43-39(29-13-5-2-6-14-29)41(46)50-32-17-9-4-10-18-32/h2-3,5-8,13-16,19-23,25,27-28,32,39,43H,4,9-12,17-18,24,26H2,1H3,(H,44,45)/t39-/m0/s1. The van der Waals surface area contributed by atoms with Crippen molar-refractivity contribution in [2.24, 2.45) is 0 Å². The lowest BCUT2D eigenvalue weighted by Crippen LogP contribution is -2.34. The molecule has 1 aliphatic rings. The molecule has 0 spiro atoms. The van der Waals surface area contributed by atoms with E-state index < -0.39 is 6.04 Å². The van der Waals surface area contributed by atoms with E-state index >= 15 is 0 Å². The molecule has 2 N–H and O–H groups in total. The van der Waals surface area contributed by atoms with Gasteiger partial charge in [0.15, 0.2) is 11.5 Å². The number of aromatic nitrogens is 1. The molecule has 1 atom stereocenters. The van der Waals surface area contributed by atoms with Gasteiger partial charge in [0.1, 0.15) is 23.6 Å². The summed E-state index contributed by atoms with van der Waals surface area (Å²) in [6.07, 6.45) is 8.60. The molecule has 1 aromatic heterocycles. The van der Waals surface area contributed by atoms with Crippen molar-refractivity contribution in [3.05, 3.63) is 120 Å². The summed E-state index contributed by atoms with van der Waals surface area (Å²) in [5, 5.41) is 7.09. The van der Waals surface area contributed by atoms with Crippen LogP contribution in [0, 0.1) is 0 Å². The summed E-state index contributed by atoms with van der Waals surface area (Å²) in [6.45, 7) is 1.11. The molecule has 0 radical (unpaired) electrons. The van der Waals surface area contributed by atoms with Crippen LogP contribution in [0.1, 0.15) is 66.9 Å². The molecule has 1 amide bonds. The predicted octanol–water partition coefficient (Wildman–Crippen LogP) is 8.65. The molecule has 1 aliphatic carbocycles. The topological polar surface area (TPSA) is 108 Å². The normalized spacial score (nSPS) is 13.7. The number of nitrogens with one attached hydrogen (secondary N) is 2. The van der Waals surface area contributed by atoms with Crippen molar-refractivity contribution >= 4 is 28.5 Å². The van der Waals surface area contributed by atoms with Crippen molar-refractivity contribution in [1.82, 2.24) is 10.3 Å². The molecule has 0 aliphatic heterocycles. The number of rotatable bonds is 15. The Bertz CT molecular complexity index is 1840. The number of hydrogen-bond donors (Lipinski definition) is 2. The zero-order valence-electron chi connectivity index (χ0n) is 28.3. The van der Waals surface area contributed by atoms with Crippen LogP contribution in [-0.4, -0.2) is 43.2 Å². The molecule has 1 fully saturated rings. The van der Waals surface area contributed by atoms with E-state index in [9.17, 15) is 9.59 Å². The first-order valence-electron chi connectivity index (χ1n) is 17.3. The van der Waals surface area contributed by atoms with Crippen LogP contribution in [0.2, 0.25) is 0 Å². The van der Waals surface area contributed by atoms with Gasteiger partial charge < -0.3 is 29.6 Å². The Morgan fingerprint density at radius 3 is 2.30 bits per heavy atom. The maximum atomic E-state index is 13.2. The highest BCUT2D eigenvalue weighted by atomic mass is 16.5. The summed E-state index contributed by atoms with van der Waals surface area (Å²) < 4.78 is 24.0. The molecule has 6 rings (SSSR count). The first kappa shape index (κ1) is 34.5. The maximum Gasteiger partial charge on any atom is 0.328 e. The summed E-state index contributed by atoms with van der Waals surface area (Å²) >= 11 is 0. The van der Waals surface area contributed by atoms with E-state index in [0.29, 0.717) is 52.9 Å². The Kier molecular flexibility index (Phi) is 11.9. The molecule has 4 aromatic carbocycles. The number of carbonyl (C=O) groups is 2. The van der Waals surface area contributed by atoms with E-state index in [-0.39, 0.29) is 18.0 Å². The van der Waals surface area contributed by atoms with Gasteiger partial charge in [-0.05, 0) is 99.2 Å². The van der Waals surface area contributed by atoms with Crippen molar-refractivity contribution in [3.63, 3.8) is 0 Å². The zero-order chi connectivity index (χ0) is 34.5. The number of carbonyl (C=O) groups excluding carboxylic acids is 2. The molecule has 9 nitrogen and oxygen atoms in total. The minimum Gasteiger partial charge on any atom is -0.493 e. The quantitative estimate of drug-likeness (QED) is 0.0840. The Morgan fingerprint density at radius 1 is 0.820 bits per heavy atom. The molecule has 0 unspecified atom stereocenters. The summed E-state index contributed by atoms with van der Waals surface area (Å²) in [7, 11) is 1.60. The molecule has 258 valence electrons. The lowest BCUT2D eigenvalue weighted by molar-refractivity contribution is -0.153. The maximum absolute atomic E-state index is 13.2. The summed E-state index contributed by atoms with van der Waals surface area (Å²) in [6, 6.07) is 31.1. The second-order valence-electron chi connectivity index (χ2n) is 12.3. The van der Waals surface area contributed by atoms with Gasteiger partial charge >= 0.3 is 5.97 Å². The van der Waals surface area contributed by atoms with Crippen LogP contribution in [0.4, 0.5) is 5.69 Å². The average molecular weight is 674 g/mol. The van der Waals surface area contributed by atoms with Crippen molar-refractivity contribution in [3.8, 4) is 23.0 Å². The highest BCUT2D eigenvalue weighted by Crippen LogP contribution is 2.37. The van der Waals surface area contributed by atoms with Crippen LogP contribution in [0.15, 0.2) is 109 Å². The molecular weight excluding hydrogens is 630 g/mol. The number of benzene rings is 4. The molecule has 0 bridgehead atoms. The summed E-state index contributed by atoms with van der Waals surface area (Å²) in [5.41, 5.74) is 2.86. The van der Waals surface area contributed by atoms with Crippen molar-refractivity contribution in [1.29, 1.82) is 0 Å². The largest absolute Gasteiger partial charge is 0.493 e. The SMILES string of the molecule is COc1cc2c(Oc3ccc(NC(=O)c4ccccc4)cc3)ccnc2cc1OCCCCN[C@H](C(=O)OC1CCCCC1)c1ccccc1. The summed E-state index contributed by atoms with van der Waals surface area (Å²) in [5.74, 6) is 2.00. The van der Waals surface area contributed by atoms with E-state index in [4.69, 9.17) is 18.9 Å². The Morgan fingerprint density at radius 2 is 1.56 bits per heavy atom. The monoisotopic (exact) mass is 673 g/mol. The number of unbranched alkanes of at least 4 members (excludes halogenated alkanes) is 1. The molecule has 1 saturated carbocycles. The number of nitrogens with zero attached hydrogens (tertiary/aromatic N) is 1. The average Bonchev–Trinajstić information content (AvgIpc) is 3.16. The number of hydrogen-bond acceptors (Lipinski definition) is 8. The third kappa shape index (κ3) is 9.18. The Balaban J connectivity index is 1.02. The highest BCUT2D eigenvalue weighted by molar-refractivity contribution is 6.04. The molecular formula is C41H43N3O6. The number of amides is 1. The Labute approximate surface area is 292 Å². The second kappa shape index (κ2) is 17.3. The van der Waals surface area contributed by atoms with Gasteiger partial charge in [-0.3, -0.25) is 9.78 Å². The van der Waals surface area contributed by atoms with Crippen molar-refractivity contribution in [2.75, 3.05) is 25.6 Å². The number of ether oxygens (including phenoxy) is 4. The third-order valence-electron chi connectivity index (χ3n) is 8.74. The minimum absolute atomic E-state index is 0.0132. The number of esters is 1. The number of anilines is 1. The lowest BCUT2D eigenvalue weighted by Gasteiger charge is -2.25. The lowest BCUT2D eigenvalue weighted by atomic mass is 9.97. The van der Waals surface area contributed by atoms with Crippen LogP contribution >= 0.6 is 0 Å². The van der Waals surface area contributed by atoms with E-state index in [0.717, 1.165) is 49.5 Å². The number of methoxy groups -OCH3 is 1. The van der Waals surface area contributed by atoms with Crippen LogP contribution in [0.5, 0.6) is 23.0 Å². The fourth-order valence-corrected chi connectivity index (χ4v) is 6.07. The first-order valence-corrected chi connectivity index (χ1v) is 17.3. The summed E-state index contributed by atoms with van der Waals surface area (Å²) in [4.78, 5) is 30.2. The van der Waals surface area contributed by atoms with Gasteiger partial charge in [0, 0.05) is 28.9 Å². The van der Waals surface area contributed by atoms with Crippen molar-refractivity contribution in [2.45, 2.75) is 57.1 Å². The highest BCUT2D eigenvalue weighted by Gasteiger charge is 2.25. The smallest absolute Gasteiger partial charge is 0.328 e. The number of pyridine rings is 1. The van der Waals surface area contributed by atoms with Gasteiger partial charge in [-0.15, -0.1) is 0 Å². The molecule has 9 heteroatoms.